The number of rotatable bonds is 5. The van der Waals surface area contributed by atoms with Gasteiger partial charge in [0.25, 0.3) is 5.56 Å². The fraction of sp³-hybridized carbons (Fsp3) is 0.167. The van der Waals surface area contributed by atoms with E-state index < -0.39 is 5.56 Å². The highest BCUT2D eigenvalue weighted by Crippen LogP contribution is 2.22. The quantitative estimate of drug-likeness (QED) is 0.665. The molecule has 25 heavy (non-hydrogen) atoms. The summed E-state index contributed by atoms with van der Waals surface area (Å²) in [5, 5.41) is 0. The monoisotopic (exact) mass is 398 g/mol. The van der Waals surface area contributed by atoms with Crippen molar-refractivity contribution in [3.05, 3.63) is 74.9 Å². The van der Waals surface area contributed by atoms with Crippen LogP contribution in [0, 0.1) is 0 Å². The number of benzene rings is 1. The molecule has 1 unspecified atom stereocenters. The van der Waals surface area contributed by atoms with Crippen LogP contribution >= 0.6 is 15.9 Å². The maximum absolute atomic E-state index is 12.6. The number of hydrogen-bond donors (Lipinski definition) is 1. The van der Waals surface area contributed by atoms with E-state index in [1.165, 1.54) is 6.07 Å². The smallest absolute Gasteiger partial charge is 0.251 e. The van der Waals surface area contributed by atoms with Crippen molar-refractivity contribution in [2.45, 2.75) is 19.3 Å². The Labute approximate surface area is 152 Å². The molecule has 7 heteroatoms. The van der Waals surface area contributed by atoms with Gasteiger partial charge in [-0.05, 0) is 29.7 Å². The van der Waals surface area contributed by atoms with E-state index in [1.54, 1.807) is 18.5 Å². The van der Waals surface area contributed by atoms with Crippen LogP contribution in [0.25, 0.3) is 11.6 Å². The lowest BCUT2D eigenvalue weighted by atomic mass is 9.95. The van der Waals surface area contributed by atoms with Gasteiger partial charge in [-0.15, -0.1) is 0 Å². The third kappa shape index (κ3) is 4.24. The zero-order valence-electron chi connectivity index (χ0n) is 13.4. The van der Waals surface area contributed by atoms with Crippen LogP contribution in [0.2, 0.25) is 0 Å². The van der Waals surface area contributed by atoms with Crippen LogP contribution in [-0.4, -0.2) is 25.7 Å². The lowest BCUT2D eigenvalue weighted by molar-refractivity contribution is 0.0970. The summed E-state index contributed by atoms with van der Waals surface area (Å²) in [5.74, 6) is 0.278. The lowest BCUT2D eigenvalue weighted by Gasteiger charge is -2.11. The second-order valence-corrected chi connectivity index (χ2v) is 6.55. The molecule has 126 valence electrons. The Morgan fingerprint density at radius 3 is 2.56 bits per heavy atom. The van der Waals surface area contributed by atoms with Crippen LogP contribution in [0.15, 0.2) is 58.1 Å². The molecule has 0 aliphatic rings. The molecule has 6 nitrogen and oxygen atoms in total. The van der Waals surface area contributed by atoms with E-state index >= 15 is 0 Å². The summed E-state index contributed by atoms with van der Waals surface area (Å²) in [6.45, 7) is 1.97. The first-order valence-corrected chi connectivity index (χ1v) is 8.49. The Hall–Kier alpha value is -2.67. The Balaban J connectivity index is 1.83. The molecule has 1 aromatic carbocycles. The number of nitrogens with one attached hydrogen (secondary N) is 1. The molecule has 1 atom stereocenters. The number of H-pyrrole nitrogens is 1. The van der Waals surface area contributed by atoms with Crippen molar-refractivity contribution in [2.24, 2.45) is 0 Å². The number of nitrogens with zero attached hydrogens (tertiary/aromatic N) is 3. The number of halogens is 1. The average molecular weight is 399 g/mol. The molecule has 0 fully saturated rings. The first-order chi connectivity index (χ1) is 12.0. The normalized spacial score (nSPS) is 11.9. The fourth-order valence-corrected chi connectivity index (χ4v) is 2.68. The van der Waals surface area contributed by atoms with E-state index in [1.807, 2.05) is 31.2 Å². The first-order valence-electron chi connectivity index (χ1n) is 7.70. The summed E-state index contributed by atoms with van der Waals surface area (Å²) in [4.78, 5) is 39.3. The predicted molar refractivity (Wildman–Crippen MR) is 97.4 cm³/mol. The summed E-state index contributed by atoms with van der Waals surface area (Å²) in [7, 11) is 0. The zero-order chi connectivity index (χ0) is 17.8. The molecule has 3 rings (SSSR count). The van der Waals surface area contributed by atoms with E-state index in [2.05, 4.69) is 35.9 Å². The molecule has 0 aliphatic heterocycles. The summed E-state index contributed by atoms with van der Waals surface area (Å²) >= 11 is 3.39. The molecule has 1 N–H and O–H groups in total. The number of ketones is 1. The molecular formula is C18H15BrN4O2. The summed E-state index contributed by atoms with van der Waals surface area (Å²) in [6, 6.07) is 10.7. The van der Waals surface area contributed by atoms with Crippen molar-refractivity contribution in [3.8, 4) is 11.6 Å². The van der Waals surface area contributed by atoms with Gasteiger partial charge in [0.05, 0.1) is 0 Å². The molecule has 0 radical (unpaired) electrons. The van der Waals surface area contributed by atoms with Gasteiger partial charge in [-0.3, -0.25) is 9.59 Å². The standard InChI is InChI=1S/C18H15BrN4O2/c1-11(12-3-5-13(19)6-4-12)9-15(24)14-10-16(25)23-18(22-14)17-20-7-2-8-21-17/h2-8,10-11H,9H2,1H3,(H,22,23,25). The number of Topliss-reactive ketones (excluding diaryl/α,β-unsaturated/α-hetero) is 1. The molecule has 0 saturated carbocycles. The minimum absolute atomic E-state index is 0.0121. The van der Waals surface area contributed by atoms with Gasteiger partial charge in [0, 0.05) is 29.4 Å². The van der Waals surface area contributed by atoms with Gasteiger partial charge in [0.15, 0.2) is 17.4 Å². The minimum atomic E-state index is -0.405. The van der Waals surface area contributed by atoms with Crippen LogP contribution in [-0.2, 0) is 0 Å². The van der Waals surface area contributed by atoms with Gasteiger partial charge >= 0.3 is 0 Å². The van der Waals surface area contributed by atoms with Crippen molar-refractivity contribution in [1.29, 1.82) is 0 Å². The van der Waals surface area contributed by atoms with Crippen molar-refractivity contribution in [2.75, 3.05) is 0 Å². The Bertz CT molecular complexity index is 939. The van der Waals surface area contributed by atoms with Gasteiger partial charge < -0.3 is 4.98 Å². The largest absolute Gasteiger partial charge is 0.304 e. The third-order valence-electron chi connectivity index (χ3n) is 3.74. The zero-order valence-corrected chi connectivity index (χ0v) is 15.0. The summed E-state index contributed by atoms with van der Waals surface area (Å²) in [6.07, 6.45) is 3.35. The molecule has 0 bridgehead atoms. The molecular weight excluding hydrogens is 384 g/mol. The highest BCUT2D eigenvalue weighted by molar-refractivity contribution is 9.10. The van der Waals surface area contributed by atoms with Crippen LogP contribution in [0.4, 0.5) is 0 Å². The number of carbonyl (C=O) groups excluding carboxylic acids is 1. The number of aromatic amines is 1. The second kappa shape index (κ2) is 7.48. The Kier molecular flexibility index (Phi) is 5.14. The SMILES string of the molecule is CC(CC(=O)c1cc(=O)[nH]c(-c2ncccn2)n1)c1ccc(Br)cc1. The van der Waals surface area contributed by atoms with Gasteiger partial charge in [-0.2, -0.15) is 0 Å². The van der Waals surface area contributed by atoms with Crippen molar-refractivity contribution < 1.29 is 4.79 Å². The molecule has 0 spiro atoms. The average Bonchev–Trinajstić information content (AvgIpc) is 2.62. The van der Waals surface area contributed by atoms with Crippen LogP contribution in [0.1, 0.15) is 35.3 Å². The van der Waals surface area contributed by atoms with E-state index in [0.717, 1.165) is 10.0 Å². The molecule has 0 saturated heterocycles. The summed E-state index contributed by atoms with van der Waals surface area (Å²) < 4.78 is 0.985. The van der Waals surface area contributed by atoms with E-state index in [0.29, 0.717) is 0 Å². The molecule has 2 heterocycles. The lowest BCUT2D eigenvalue weighted by Crippen LogP contribution is -2.16. The predicted octanol–water partition coefficient (Wildman–Crippen LogP) is 3.37. The maximum Gasteiger partial charge on any atom is 0.251 e. The van der Waals surface area contributed by atoms with Crippen molar-refractivity contribution >= 4 is 21.7 Å². The fourth-order valence-electron chi connectivity index (χ4n) is 2.42. The summed E-state index contributed by atoms with van der Waals surface area (Å²) in [5.41, 5.74) is 0.764. The van der Waals surface area contributed by atoms with Crippen LogP contribution in [0.5, 0.6) is 0 Å². The molecule has 3 aromatic rings. The number of carbonyl (C=O) groups is 1. The minimum Gasteiger partial charge on any atom is -0.304 e. The van der Waals surface area contributed by atoms with E-state index in [4.69, 9.17) is 0 Å². The Morgan fingerprint density at radius 2 is 1.88 bits per heavy atom. The van der Waals surface area contributed by atoms with Gasteiger partial charge in [-0.25, -0.2) is 15.0 Å². The number of aromatic nitrogens is 4. The molecule has 2 aromatic heterocycles. The highest BCUT2D eigenvalue weighted by Gasteiger charge is 2.16. The molecule has 0 amide bonds. The van der Waals surface area contributed by atoms with Gasteiger partial charge in [0.2, 0.25) is 0 Å². The van der Waals surface area contributed by atoms with E-state index in [-0.39, 0.29) is 35.5 Å². The molecule has 0 aliphatic carbocycles. The van der Waals surface area contributed by atoms with Crippen LogP contribution in [0.3, 0.4) is 0 Å². The topological polar surface area (TPSA) is 88.6 Å². The van der Waals surface area contributed by atoms with Crippen molar-refractivity contribution in [1.82, 2.24) is 19.9 Å². The second-order valence-electron chi connectivity index (χ2n) is 5.63. The van der Waals surface area contributed by atoms with Crippen LogP contribution < -0.4 is 5.56 Å². The van der Waals surface area contributed by atoms with Gasteiger partial charge in [0.1, 0.15) is 5.69 Å². The maximum atomic E-state index is 12.6. The van der Waals surface area contributed by atoms with E-state index in [9.17, 15) is 9.59 Å². The van der Waals surface area contributed by atoms with Gasteiger partial charge in [-0.1, -0.05) is 35.0 Å². The highest BCUT2D eigenvalue weighted by atomic mass is 79.9. The first kappa shape index (κ1) is 17.2. The third-order valence-corrected chi connectivity index (χ3v) is 4.26. The van der Waals surface area contributed by atoms with Crippen molar-refractivity contribution in [3.63, 3.8) is 0 Å². The number of hydrogen-bond acceptors (Lipinski definition) is 5. The Morgan fingerprint density at radius 1 is 1.20 bits per heavy atom.